The van der Waals surface area contributed by atoms with Crippen molar-refractivity contribution in [2.45, 2.75) is 32.1 Å². The Hall–Kier alpha value is -4.18. The minimum Gasteiger partial charge on any atom is -0.478 e. The van der Waals surface area contributed by atoms with Crippen LogP contribution in [0.1, 0.15) is 58.5 Å². The molecular weight excluding hydrogens is 436 g/mol. The molecule has 0 spiro atoms. The first kappa shape index (κ1) is 22.6. The van der Waals surface area contributed by atoms with Gasteiger partial charge in [0.15, 0.2) is 0 Å². The van der Waals surface area contributed by atoms with E-state index in [2.05, 4.69) is 50.2 Å². The average Bonchev–Trinajstić information content (AvgIpc) is 3.17. The third-order valence-electron chi connectivity index (χ3n) is 7.45. The molecule has 0 aromatic heterocycles. The van der Waals surface area contributed by atoms with Crippen molar-refractivity contribution < 1.29 is 19.8 Å². The van der Waals surface area contributed by atoms with Gasteiger partial charge in [-0.2, -0.15) is 0 Å². The van der Waals surface area contributed by atoms with E-state index in [0.717, 1.165) is 35.1 Å². The lowest BCUT2D eigenvalue weighted by molar-refractivity contribution is 0.0686. The normalized spacial score (nSPS) is 13.2. The zero-order valence-electron chi connectivity index (χ0n) is 19.7. The maximum atomic E-state index is 11.5. The molecule has 0 unspecified atom stereocenters. The first-order valence-electron chi connectivity index (χ1n) is 11.8. The van der Waals surface area contributed by atoms with Crippen molar-refractivity contribution in [2.75, 3.05) is 0 Å². The van der Waals surface area contributed by atoms with Crippen LogP contribution in [-0.4, -0.2) is 22.2 Å². The van der Waals surface area contributed by atoms with E-state index in [1.165, 1.54) is 22.3 Å². The lowest BCUT2D eigenvalue weighted by Crippen LogP contribution is -2.23. The zero-order valence-corrected chi connectivity index (χ0v) is 19.7. The maximum Gasteiger partial charge on any atom is 0.335 e. The van der Waals surface area contributed by atoms with Gasteiger partial charge in [0.05, 0.1) is 11.1 Å². The summed E-state index contributed by atoms with van der Waals surface area (Å²) in [5, 5.41) is 18.8. The van der Waals surface area contributed by atoms with Gasteiger partial charge in [-0.15, -0.1) is 0 Å². The van der Waals surface area contributed by atoms with Crippen molar-refractivity contribution in [2.24, 2.45) is 0 Å². The summed E-state index contributed by atoms with van der Waals surface area (Å²) in [5.74, 6) is -1.87. The summed E-state index contributed by atoms with van der Waals surface area (Å²) >= 11 is 0. The monoisotopic (exact) mass is 462 g/mol. The van der Waals surface area contributed by atoms with Crippen molar-refractivity contribution in [1.82, 2.24) is 0 Å². The van der Waals surface area contributed by atoms with Gasteiger partial charge in [0.25, 0.3) is 0 Å². The molecule has 4 aromatic rings. The molecule has 0 heterocycles. The molecule has 0 amide bonds. The fourth-order valence-corrected chi connectivity index (χ4v) is 5.53. The average molecular weight is 463 g/mol. The molecule has 1 aliphatic rings. The third-order valence-corrected chi connectivity index (χ3v) is 7.45. The molecule has 1 aliphatic carbocycles. The summed E-state index contributed by atoms with van der Waals surface area (Å²) in [5.41, 5.74) is 9.06. The zero-order chi connectivity index (χ0) is 24.7. The number of carboxylic acid groups (broad SMARTS) is 2. The van der Waals surface area contributed by atoms with Crippen LogP contribution in [0.3, 0.4) is 0 Å². The minimum absolute atomic E-state index is 0.175. The lowest BCUT2D eigenvalue weighted by Gasteiger charge is -2.30. The Morgan fingerprint density at radius 1 is 0.600 bits per heavy atom. The van der Waals surface area contributed by atoms with E-state index in [0.29, 0.717) is 0 Å². The number of carbonyl (C=O) groups is 2. The standard InChI is InChI=1S/C31H26O4/c1-3-31(4-2)27-17-21(19-7-5-9-23(15-19)29(32)33)11-13-25(27)26-14-12-22(18-28(26)31)20-8-6-10-24(16-20)30(34)35/h5-18H,3-4H2,1-2H3,(H,32,33)(H,34,35). The van der Waals surface area contributed by atoms with Gasteiger partial charge in [-0.25, -0.2) is 9.59 Å². The molecule has 0 radical (unpaired) electrons. The number of hydrogen-bond acceptors (Lipinski definition) is 2. The lowest BCUT2D eigenvalue weighted by atomic mass is 9.73. The van der Waals surface area contributed by atoms with Gasteiger partial charge in [0.1, 0.15) is 0 Å². The van der Waals surface area contributed by atoms with Crippen molar-refractivity contribution in [3.63, 3.8) is 0 Å². The molecule has 0 atom stereocenters. The highest BCUT2D eigenvalue weighted by molar-refractivity contribution is 5.91. The van der Waals surface area contributed by atoms with Crippen LogP contribution in [0, 0.1) is 0 Å². The highest BCUT2D eigenvalue weighted by Crippen LogP contribution is 2.54. The molecule has 0 aliphatic heterocycles. The van der Waals surface area contributed by atoms with E-state index in [1.807, 2.05) is 12.1 Å². The second-order valence-electron chi connectivity index (χ2n) is 9.08. The molecule has 5 rings (SSSR count). The smallest absolute Gasteiger partial charge is 0.335 e. The van der Waals surface area contributed by atoms with Crippen LogP contribution in [0.25, 0.3) is 33.4 Å². The largest absolute Gasteiger partial charge is 0.478 e. The number of carboxylic acids is 2. The van der Waals surface area contributed by atoms with Gasteiger partial charge in [-0.3, -0.25) is 0 Å². The SMILES string of the molecule is CCC1(CC)c2cc(-c3cccc(C(=O)O)c3)ccc2-c2ccc(-c3cccc(C(=O)O)c3)cc21. The highest BCUT2D eigenvalue weighted by Gasteiger charge is 2.40. The van der Waals surface area contributed by atoms with Gasteiger partial charge in [-0.1, -0.05) is 62.4 Å². The Balaban J connectivity index is 1.65. The third kappa shape index (κ3) is 3.62. The number of benzene rings is 4. The molecule has 0 fully saturated rings. The molecule has 4 nitrogen and oxygen atoms in total. The number of rotatable bonds is 6. The van der Waals surface area contributed by atoms with Gasteiger partial charge < -0.3 is 10.2 Å². The highest BCUT2D eigenvalue weighted by atomic mass is 16.4. The Morgan fingerprint density at radius 2 is 1.00 bits per heavy atom. The van der Waals surface area contributed by atoms with E-state index in [1.54, 1.807) is 36.4 Å². The second-order valence-corrected chi connectivity index (χ2v) is 9.08. The first-order valence-corrected chi connectivity index (χ1v) is 11.8. The van der Waals surface area contributed by atoms with Crippen LogP contribution < -0.4 is 0 Å². The fourth-order valence-electron chi connectivity index (χ4n) is 5.53. The predicted molar refractivity (Wildman–Crippen MR) is 138 cm³/mol. The molecule has 174 valence electrons. The number of hydrogen-bond donors (Lipinski definition) is 2. The van der Waals surface area contributed by atoms with Gasteiger partial charge >= 0.3 is 11.9 Å². The van der Waals surface area contributed by atoms with E-state index in [9.17, 15) is 19.8 Å². The van der Waals surface area contributed by atoms with E-state index < -0.39 is 11.9 Å². The summed E-state index contributed by atoms with van der Waals surface area (Å²) in [6.45, 7) is 4.41. The van der Waals surface area contributed by atoms with Crippen LogP contribution in [0.2, 0.25) is 0 Å². The molecular formula is C31H26O4. The quantitative estimate of drug-likeness (QED) is 0.311. The van der Waals surface area contributed by atoms with E-state index >= 15 is 0 Å². The Bertz CT molecular complexity index is 1370. The molecule has 2 N–H and O–H groups in total. The molecule has 0 saturated heterocycles. The Morgan fingerprint density at radius 3 is 1.37 bits per heavy atom. The van der Waals surface area contributed by atoms with Crippen molar-refractivity contribution in [1.29, 1.82) is 0 Å². The summed E-state index contributed by atoms with van der Waals surface area (Å²) < 4.78 is 0. The summed E-state index contributed by atoms with van der Waals surface area (Å²) in [6.07, 6.45) is 1.83. The number of fused-ring (bicyclic) bond motifs is 3. The minimum atomic E-state index is -0.934. The molecule has 0 bridgehead atoms. The van der Waals surface area contributed by atoms with Crippen LogP contribution in [0.15, 0.2) is 84.9 Å². The van der Waals surface area contributed by atoms with Gasteiger partial charge in [0.2, 0.25) is 0 Å². The fraction of sp³-hybridized carbons (Fsp3) is 0.161. The van der Waals surface area contributed by atoms with Crippen molar-refractivity contribution >= 4 is 11.9 Å². The van der Waals surface area contributed by atoms with Crippen LogP contribution in [0.4, 0.5) is 0 Å². The van der Waals surface area contributed by atoms with Crippen molar-refractivity contribution in [3.8, 4) is 33.4 Å². The molecule has 4 aromatic carbocycles. The predicted octanol–water partition coefficient (Wildman–Crippen LogP) is 7.50. The van der Waals surface area contributed by atoms with Crippen LogP contribution in [-0.2, 0) is 5.41 Å². The van der Waals surface area contributed by atoms with Crippen LogP contribution >= 0.6 is 0 Å². The van der Waals surface area contributed by atoms with Gasteiger partial charge in [0, 0.05) is 5.41 Å². The second kappa shape index (κ2) is 8.55. The summed E-state index contributed by atoms with van der Waals surface area (Å²) in [4.78, 5) is 23.0. The molecule has 35 heavy (non-hydrogen) atoms. The summed E-state index contributed by atoms with van der Waals surface area (Å²) in [7, 11) is 0. The molecule has 4 heteroatoms. The summed E-state index contributed by atoms with van der Waals surface area (Å²) in [6, 6.07) is 27.0. The van der Waals surface area contributed by atoms with E-state index in [-0.39, 0.29) is 16.5 Å². The van der Waals surface area contributed by atoms with Crippen LogP contribution in [0.5, 0.6) is 0 Å². The topological polar surface area (TPSA) is 74.6 Å². The first-order chi connectivity index (χ1) is 16.9. The number of aromatic carboxylic acids is 2. The van der Waals surface area contributed by atoms with E-state index in [4.69, 9.17) is 0 Å². The molecule has 0 saturated carbocycles. The van der Waals surface area contributed by atoms with Crippen molar-refractivity contribution in [3.05, 3.63) is 107 Å². The Labute approximate surface area is 204 Å². The van der Waals surface area contributed by atoms with Gasteiger partial charge in [-0.05, 0) is 93.7 Å². The maximum absolute atomic E-state index is 11.5. The Kier molecular flexibility index (Phi) is 5.52.